The van der Waals surface area contributed by atoms with Crippen molar-refractivity contribution in [2.45, 2.75) is 4.90 Å². The first-order chi connectivity index (χ1) is 15.6. The summed E-state index contributed by atoms with van der Waals surface area (Å²) in [4.78, 5) is 29.7. The Bertz CT molecular complexity index is 1200. The number of thiazole rings is 1. The summed E-state index contributed by atoms with van der Waals surface area (Å²) >= 11 is 2.76. The fourth-order valence-electron chi connectivity index (χ4n) is 2.85. The first kappa shape index (κ1) is 21.7. The molecule has 0 aliphatic heterocycles. The van der Waals surface area contributed by atoms with Crippen molar-refractivity contribution in [2.24, 2.45) is 0 Å². The number of nitrogens with zero attached hydrogens (tertiary/aromatic N) is 1. The minimum absolute atomic E-state index is 0.147. The van der Waals surface area contributed by atoms with Crippen LogP contribution in [-0.2, 0) is 4.79 Å². The number of thioether (sulfide) groups is 1. The molecular formula is C23H19N3O4S2. The van der Waals surface area contributed by atoms with Crippen molar-refractivity contribution in [1.82, 2.24) is 4.98 Å². The predicted molar refractivity (Wildman–Crippen MR) is 127 cm³/mol. The zero-order valence-corrected chi connectivity index (χ0v) is 18.7. The molecule has 4 aromatic rings. The zero-order valence-electron chi connectivity index (χ0n) is 17.0. The van der Waals surface area contributed by atoms with Gasteiger partial charge in [-0.15, -0.1) is 23.1 Å². The van der Waals surface area contributed by atoms with Crippen molar-refractivity contribution in [3.05, 3.63) is 78.1 Å². The highest BCUT2D eigenvalue weighted by molar-refractivity contribution is 8.00. The van der Waals surface area contributed by atoms with Gasteiger partial charge in [0.1, 0.15) is 5.75 Å². The van der Waals surface area contributed by atoms with E-state index in [0.717, 1.165) is 21.9 Å². The molecule has 0 bridgehead atoms. The number of amides is 2. The molecule has 162 valence electrons. The van der Waals surface area contributed by atoms with E-state index >= 15 is 0 Å². The Kier molecular flexibility index (Phi) is 6.88. The minimum atomic E-state index is -0.314. The van der Waals surface area contributed by atoms with Gasteiger partial charge in [0.05, 0.1) is 24.8 Å². The van der Waals surface area contributed by atoms with Crippen LogP contribution in [-0.4, -0.2) is 29.7 Å². The van der Waals surface area contributed by atoms with Gasteiger partial charge < -0.3 is 19.8 Å². The molecule has 0 radical (unpaired) electrons. The molecule has 0 unspecified atom stereocenters. The Labute approximate surface area is 192 Å². The Morgan fingerprint density at radius 3 is 2.62 bits per heavy atom. The monoisotopic (exact) mass is 465 g/mol. The predicted octanol–water partition coefficient (Wildman–Crippen LogP) is 5.39. The molecule has 2 aromatic heterocycles. The van der Waals surface area contributed by atoms with Crippen LogP contribution in [0, 0.1) is 0 Å². The Morgan fingerprint density at radius 1 is 1.06 bits per heavy atom. The second-order valence-corrected chi connectivity index (χ2v) is 8.44. The van der Waals surface area contributed by atoms with E-state index in [9.17, 15) is 9.59 Å². The van der Waals surface area contributed by atoms with Crippen LogP contribution in [0.3, 0.4) is 0 Å². The van der Waals surface area contributed by atoms with Crippen LogP contribution in [0.1, 0.15) is 10.6 Å². The van der Waals surface area contributed by atoms with Crippen LogP contribution in [0.5, 0.6) is 5.75 Å². The number of para-hydroxylation sites is 1. The molecule has 0 fully saturated rings. The molecule has 4 rings (SSSR count). The van der Waals surface area contributed by atoms with Gasteiger partial charge in [-0.1, -0.05) is 12.1 Å². The summed E-state index contributed by atoms with van der Waals surface area (Å²) in [5, 5.41) is 8.01. The number of methoxy groups -OCH3 is 1. The summed E-state index contributed by atoms with van der Waals surface area (Å²) < 4.78 is 10.4. The fourth-order valence-corrected chi connectivity index (χ4v) is 4.28. The number of aromatic nitrogens is 1. The lowest BCUT2D eigenvalue weighted by molar-refractivity contribution is -0.113. The number of carbonyl (C=O) groups excluding carboxylic acids is 2. The SMILES string of the molecule is COc1ccccc1-c1csc(NC(=O)CSc2ccc(NC(=O)c3ccco3)cc2)n1. The smallest absolute Gasteiger partial charge is 0.291 e. The molecule has 9 heteroatoms. The number of ether oxygens (including phenoxy) is 1. The maximum absolute atomic E-state index is 12.3. The molecule has 2 aromatic carbocycles. The third-order valence-corrected chi connectivity index (χ3v) is 6.13. The average Bonchev–Trinajstić information content (AvgIpc) is 3.51. The lowest BCUT2D eigenvalue weighted by Gasteiger charge is -2.06. The lowest BCUT2D eigenvalue weighted by Crippen LogP contribution is -2.13. The molecule has 7 nitrogen and oxygen atoms in total. The van der Waals surface area contributed by atoms with Crippen LogP contribution in [0.25, 0.3) is 11.3 Å². The standard InChI is InChI=1S/C23H19N3O4S2/c1-29-19-6-3-2-5-17(19)18-13-32-23(25-18)26-21(27)14-31-16-10-8-15(9-11-16)24-22(28)20-7-4-12-30-20/h2-13H,14H2,1H3,(H,24,28)(H,25,26,27). The Morgan fingerprint density at radius 2 is 1.88 bits per heavy atom. The largest absolute Gasteiger partial charge is 0.496 e. The average molecular weight is 466 g/mol. The van der Waals surface area contributed by atoms with Crippen molar-refractivity contribution < 1.29 is 18.7 Å². The van der Waals surface area contributed by atoms with Crippen LogP contribution < -0.4 is 15.4 Å². The molecule has 2 N–H and O–H groups in total. The van der Waals surface area contributed by atoms with Crippen LogP contribution in [0.2, 0.25) is 0 Å². The third kappa shape index (κ3) is 5.37. The highest BCUT2D eigenvalue weighted by Crippen LogP contribution is 2.32. The van der Waals surface area contributed by atoms with E-state index in [2.05, 4.69) is 15.6 Å². The second kappa shape index (κ2) is 10.2. The molecule has 0 saturated heterocycles. The maximum Gasteiger partial charge on any atom is 0.291 e. The normalized spacial score (nSPS) is 10.5. The molecule has 0 atom stereocenters. The highest BCUT2D eigenvalue weighted by atomic mass is 32.2. The molecule has 0 aliphatic carbocycles. The van der Waals surface area contributed by atoms with Crippen LogP contribution >= 0.6 is 23.1 Å². The first-order valence-corrected chi connectivity index (χ1v) is 11.5. The fraction of sp³-hybridized carbons (Fsp3) is 0.0870. The van der Waals surface area contributed by atoms with Gasteiger partial charge in [0.2, 0.25) is 5.91 Å². The van der Waals surface area contributed by atoms with E-state index in [-0.39, 0.29) is 23.3 Å². The van der Waals surface area contributed by atoms with Crippen LogP contribution in [0.15, 0.2) is 81.6 Å². The summed E-state index contributed by atoms with van der Waals surface area (Å²) in [6.45, 7) is 0. The number of benzene rings is 2. The topological polar surface area (TPSA) is 93.5 Å². The lowest BCUT2D eigenvalue weighted by atomic mass is 10.1. The number of nitrogens with one attached hydrogen (secondary N) is 2. The van der Waals surface area contributed by atoms with Crippen molar-refractivity contribution in [3.63, 3.8) is 0 Å². The number of carbonyl (C=O) groups is 2. The van der Waals surface area contributed by atoms with E-state index in [1.165, 1.54) is 29.4 Å². The molecule has 0 spiro atoms. The highest BCUT2D eigenvalue weighted by Gasteiger charge is 2.12. The summed E-state index contributed by atoms with van der Waals surface area (Å²) in [5.74, 6) is 0.754. The van der Waals surface area contributed by atoms with E-state index in [1.54, 1.807) is 31.4 Å². The van der Waals surface area contributed by atoms with Gasteiger partial charge in [0.25, 0.3) is 5.91 Å². The maximum atomic E-state index is 12.3. The number of hydrogen-bond acceptors (Lipinski definition) is 7. The van der Waals surface area contributed by atoms with E-state index in [0.29, 0.717) is 10.8 Å². The molecule has 2 amide bonds. The van der Waals surface area contributed by atoms with Gasteiger partial charge in [-0.2, -0.15) is 0 Å². The number of rotatable bonds is 8. The third-order valence-electron chi connectivity index (χ3n) is 4.36. The van der Waals surface area contributed by atoms with Crippen molar-refractivity contribution in [3.8, 4) is 17.0 Å². The molecule has 32 heavy (non-hydrogen) atoms. The van der Waals surface area contributed by atoms with Crippen molar-refractivity contribution >= 4 is 45.7 Å². The number of anilines is 2. The zero-order chi connectivity index (χ0) is 22.3. The Balaban J connectivity index is 1.29. The van der Waals surface area contributed by atoms with Gasteiger partial charge in [-0.05, 0) is 48.5 Å². The van der Waals surface area contributed by atoms with Gasteiger partial charge in [0, 0.05) is 21.5 Å². The van der Waals surface area contributed by atoms with E-state index in [4.69, 9.17) is 9.15 Å². The van der Waals surface area contributed by atoms with E-state index < -0.39 is 0 Å². The molecule has 2 heterocycles. The second-order valence-electron chi connectivity index (χ2n) is 6.53. The van der Waals surface area contributed by atoms with Gasteiger partial charge in [0.15, 0.2) is 10.9 Å². The summed E-state index contributed by atoms with van der Waals surface area (Å²) in [6, 6.07) is 18.1. The van der Waals surface area contributed by atoms with Crippen LogP contribution in [0.4, 0.5) is 10.8 Å². The van der Waals surface area contributed by atoms with Gasteiger partial charge in [-0.3, -0.25) is 9.59 Å². The molecule has 0 aliphatic rings. The molecule has 0 saturated carbocycles. The van der Waals surface area contributed by atoms with Gasteiger partial charge in [-0.25, -0.2) is 4.98 Å². The first-order valence-electron chi connectivity index (χ1n) is 9.59. The minimum Gasteiger partial charge on any atom is -0.496 e. The summed E-state index contributed by atoms with van der Waals surface area (Å²) in [5.41, 5.74) is 2.27. The summed E-state index contributed by atoms with van der Waals surface area (Å²) in [7, 11) is 1.62. The number of furan rings is 1. The quantitative estimate of drug-likeness (QED) is 0.339. The summed E-state index contributed by atoms with van der Waals surface area (Å²) in [6.07, 6.45) is 1.45. The van der Waals surface area contributed by atoms with Crippen molar-refractivity contribution in [1.29, 1.82) is 0 Å². The number of hydrogen-bond donors (Lipinski definition) is 2. The van der Waals surface area contributed by atoms with E-state index in [1.807, 2.05) is 41.8 Å². The van der Waals surface area contributed by atoms with Crippen molar-refractivity contribution in [2.75, 3.05) is 23.5 Å². The molecular weight excluding hydrogens is 446 g/mol. The Hall–Kier alpha value is -3.56. The van der Waals surface area contributed by atoms with Gasteiger partial charge >= 0.3 is 0 Å².